The molecular formula is C16H25FN2. The number of halogens is 1. The Balaban J connectivity index is 2.18. The van der Waals surface area contributed by atoms with Crippen LogP contribution in [0.2, 0.25) is 0 Å². The van der Waals surface area contributed by atoms with Gasteiger partial charge in [-0.3, -0.25) is 4.90 Å². The fourth-order valence-electron chi connectivity index (χ4n) is 2.65. The van der Waals surface area contributed by atoms with Crippen LogP contribution < -0.4 is 0 Å². The molecule has 1 aromatic rings. The van der Waals surface area contributed by atoms with Crippen molar-refractivity contribution in [3.8, 4) is 0 Å². The summed E-state index contributed by atoms with van der Waals surface area (Å²) in [5.74, 6) is 0.370. The smallest absolute Gasteiger partial charge is 0.127 e. The van der Waals surface area contributed by atoms with Gasteiger partial charge >= 0.3 is 0 Å². The molecule has 1 heterocycles. The van der Waals surface area contributed by atoms with Crippen molar-refractivity contribution < 1.29 is 4.39 Å². The van der Waals surface area contributed by atoms with Crippen molar-refractivity contribution in [2.75, 3.05) is 33.2 Å². The molecule has 1 fully saturated rings. The monoisotopic (exact) mass is 264 g/mol. The lowest BCUT2D eigenvalue weighted by Gasteiger charge is -2.36. The molecular weight excluding hydrogens is 239 g/mol. The first-order valence-corrected chi connectivity index (χ1v) is 7.21. The lowest BCUT2D eigenvalue weighted by Crippen LogP contribution is -2.45. The van der Waals surface area contributed by atoms with Gasteiger partial charge in [0.05, 0.1) is 0 Å². The molecule has 1 aliphatic heterocycles. The summed E-state index contributed by atoms with van der Waals surface area (Å²) in [4.78, 5) is 4.70. The first kappa shape index (κ1) is 14.5. The topological polar surface area (TPSA) is 6.48 Å². The van der Waals surface area contributed by atoms with Gasteiger partial charge in [0, 0.05) is 37.8 Å². The van der Waals surface area contributed by atoms with Crippen LogP contribution in [0.5, 0.6) is 0 Å². The normalized spacial score (nSPS) is 19.9. The summed E-state index contributed by atoms with van der Waals surface area (Å²) < 4.78 is 14.1. The second kappa shape index (κ2) is 6.02. The van der Waals surface area contributed by atoms with Crippen LogP contribution in [0.3, 0.4) is 0 Å². The van der Waals surface area contributed by atoms with E-state index >= 15 is 0 Å². The molecule has 0 aliphatic carbocycles. The lowest BCUT2D eigenvalue weighted by molar-refractivity contribution is 0.117. The molecule has 0 amide bonds. The molecule has 0 saturated carbocycles. The molecule has 106 valence electrons. The summed E-state index contributed by atoms with van der Waals surface area (Å²) in [6.45, 7) is 10.6. The average Bonchev–Trinajstić information content (AvgIpc) is 2.39. The third-order valence-corrected chi connectivity index (χ3v) is 4.22. The quantitative estimate of drug-likeness (QED) is 0.827. The van der Waals surface area contributed by atoms with Crippen LogP contribution in [0.25, 0.3) is 0 Å². The standard InChI is InChI=1S/C16H25FN2/c1-12(2)14-5-6-16(17)15(11-14)13(3)19-9-7-18(4)8-10-19/h5-6,11-13H,7-10H2,1-4H3/t13-/m1/s1. The van der Waals surface area contributed by atoms with Crippen LogP contribution in [0.4, 0.5) is 4.39 Å². The molecule has 2 rings (SSSR count). The molecule has 1 aliphatic rings. The Morgan fingerprint density at radius 1 is 1.05 bits per heavy atom. The Kier molecular flexibility index (Phi) is 4.58. The van der Waals surface area contributed by atoms with Gasteiger partial charge in [-0.25, -0.2) is 4.39 Å². The molecule has 0 spiro atoms. The van der Waals surface area contributed by atoms with Crippen LogP contribution in [-0.4, -0.2) is 43.0 Å². The Hall–Kier alpha value is -0.930. The maximum Gasteiger partial charge on any atom is 0.127 e. The summed E-state index contributed by atoms with van der Waals surface area (Å²) in [5, 5.41) is 0. The predicted octanol–water partition coefficient (Wildman–Crippen LogP) is 3.26. The fraction of sp³-hybridized carbons (Fsp3) is 0.625. The highest BCUT2D eigenvalue weighted by Crippen LogP contribution is 2.27. The van der Waals surface area contributed by atoms with Crippen molar-refractivity contribution in [1.82, 2.24) is 9.80 Å². The van der Waals surface area contributed by atoms with E-state index in [9.17, 15) is 4.39 Å². The number of piperazine rings is 1. The second-order valence-corrected chi connectivity index (χ2v) is 5.95. The van der Waals surface area contributed by atoms with Crippen molar-refractivity contribution in [1.29, 1.82) is 0 Å². The van der Waals surface area contributed by atoms with E-state index in [1.807, 2.05) is 12.1 Å². The molecule has 0 aromatic heterocycles. The van der Waals surface area contributed by atoms with E-state index in [2.05, 4.69) is 37.6 Å². The zero-order chi connectivity index (χ0) is 14.0. The fourth-order valence-corrected chi connectivity index (χ4v) is 2.65. The van der Waals surface area contributed by atoms with E-state index in [1.54, 1.807) is 6.07 Å². The minimum absolute atomic E-state index is 0.0733. The summed E-state index contributed by atoms with van der Waals surface area (Å²) >= 11 is 0. The first-order valence-electron chi connectivity index (χ1n) is 7.21. The largest absolute Gasteiger partial charge is 0.304 e. The van der Waals surface area contributed by atoms with Crippen molar-refractivity contribution >= 4 is 0 Å². The van der Waals surface area contributed by atoms with Gasteiger partial charge in [-0.15, -0.1) is 0 Å². The van der Waals surface area contributed by atoms with Gasteiger partial charge in [0.1, 0.15) is 5.82 Å². The molecule has 0 unspecified atom stereocenters. The van der Waals surface area contributed by atoms with E-state index in [-0.39, 0.29) is 11.9 Å². The first-order chi connectivity index (χ1) is 8.99. The zero-order valence-electron chi connectivity index (χ0n) is 12.5. The van der Waals surface area contributed by atoms with Crippen molar-refractivity contribution in [3.63, 3.8) is 0 Å². The van der Waals surface area contributed by atoms with Gasteiger partial charge in [0.2, 0.25) is 0 Å². The number of nitrogens with zero attached hydrogens (tertiary/aromatic N) is 2. The SMILES string of the molecule is CC(C)c1ccc(F)c([C@@H](C)N2CCN(C)CC2)c1. The number of rotatable bonds is 3. The van der Waals surface area contributed by atoms with Gasteiger partial charge in [-0.2, -0.15) is 0 Å². The molecule has 0 bridgehead atoms. The summed E-state index contributed by atoms with van der Waals surface area (Å²) in [6, 6.07) is 5.73. The number of hydrogen-bond acceptors (Lipinski definition) is 2. The zero-order valence-corrected chi connectivity index (χ0v) is 12.5. The highest BCUT2D eigenvalue weighted by atomic mass is 19.1. The van der Waals surface area contributed by atoms with E-state index in [0.717, 1.165) is 31.7 Å². The van der Waals surface area contributed by atoms with E-state index in [4.69, 9.17) is 0 Å². The molecule has 1 atom stereocenters. The highest BCUT2D eigenvalue weighted by molar-refractivity contribution is 5.29. The molecule has 1 saturated heterocycles. The molecule has 2 nitrogen and oxygen atoms in total. The molecule has 0 N–H and O–H groups in total. The number of likely N-dealkylation sites (N-methyl/N-ethyl adjacent to an activating group) is 1. The van der Waals surface area contributed by atoms with Gasteiger partial charge < -0.3 is 4.90 Å². The summed E-state index contributed by atoms with van der Waals surface area (Å²) in [7, 11) is 2.14. The van der Waals surface area contributed by atoms with Gasteiger partial charge in [0.25, 0.3) is 0 Å². The van der Waals surface area contributed by atoms with Crippen LogP contribution in [0, 0.1) is 5.82 Å². The van der Waals surface area contributed by atoms with Gasteiger partial charge in [0.15, 0.2) is 0 Å². The van der Waals surface area contributed by atoms with Crippen LogP contribution in [0.1, 0.15) is 43.9 Å². The van der Waals surface area contributed by atoms with Crippen LogP contribution >= 0.6 is 0 Å². The molecule has 0 radical (unpaired) electrons. The third kappa shape index (κ3) is 3.34. The number of hydrogen-bond donors (Lipinski definition) is 0. The minimum atomic E-state index is -0.0733. The summed E-state index contributed by atoms with van der Waals surface area (Å²) in [5.41, 5.74) is 2.06. The second-order valence-electron chi connectivity index (χ2n) is 5.95. The Bertz CT molecular complexity index is 423. The van der Waals surface area contributed by atoms with Crippen molar-refractivity contribution in [3.05, 3.63) is 35.1 Å². The van der Waals surface area contributed by atoms with Gasteiger partial charge in [-0.1, -0.05) is 26.0 Å². The predicted molar refractivity (Wildman–Crippen MR) is 78.0 cm³/mol. The van der Waals surface area contributed by atoms with E-state index < -0.39 is 0 Å². The average molecular weight is 264 g/mol. The van der Waals surface area contributed by atoms with E-state index in [1.165, 1.54) is 5.56 Å². The highest BCUT2D eigenvalue weighted by Gasteiger charge is 2.22. The maximum atomic E-state index is 14.1. The van der Waals surface area contributed by atoms with Gasteiger partial charge in [-0.05, 0) is 31.5 Å². The molecule has 19 heavy (non-hydrogen) atoms. The lowest BCUT2D eigenvalue weighted by atomic mass is 9.97. The van der Waals surface area contributed by atoms with Crippen molar-refractivity contribution in [2.45, 2.75) is 32.7 Å². The summed E-state index contributed by atoms with van der Waals surface area (Å²) in [6.07, 6.45) is 0. The minimum Gasteiger partial charge on any atom is -0.304 e. The Morgan fingerprint density at radius 3 is 2.26 bits per heavy atom. The Morgan fingerprint density at radius 2 is 1.68 bits per heavy atom. The van der Waals surface area contributed by atoms with E-state index in [0.29, 0.717) is 5.92 Å². The Labute approximate surface area is 116 Å². The molecule has 1 aromatic carbocycles. The third-order valence-electron chi connectivity index (χ3n) is 4.22. The molecule has 3 heteroatoms. The van der Waals surface area contributed by atoms with Crippen LogP contribution in [0.15, 0.2) is 18.2 Å². The van der Waals surface area contributed by atoms with Crippen LogP contribution in [-0.2, 0) is 0 Å². The maximum absolute atomic E-state index is 14.1. The number of benzene rings is 1. The van der Waals surface area contributed by atoms with Crippen molar-refractivity contribution in [2.24, 2.45) is 0 Å².